The second-order valence-corrected chi connectivity index (χ2v) is 10.5. The normalized spacial score (nSPS) is 51.3. The predicted molar refractivity (Wildman–Crippen MR) is 104 cm³/mol. The molecule has 0 spiro atoms. The number of allylic oxidation sites excluding steroid dienone is 2. The van der Waals surface area contributed by atoms with E-state index in [4.69, 9.17) is 4.74 Å². The molecule has 5 aliphatic rings. The van der Waals surface area contributed by atoms with Crippen LogP contribution in [-0.2, 0) is 4.74 Å². The highest BCUT2D eigenvalue weighted by Gasteiger charge is 2.59. The first kappa shape index (κ1) is 17.6. The van der Waals surface area contributed by atoms with E-state index in [1.807, 2.05) is 0 Å². The highest BCUT2D eigenvalue weighted by molar-refractivity contribution is 5.17. The van der Waals surface area contributed by atoms with Crippen LogP contribution in [0.15, 0.2) is 11.8 Å². The average Bonchev–Trinajstić information content (AvgIpc) is 2.97. The summed E-state index contributed by atoms with van der Waals surface area (Å²) in [6, 6.07) is 0. The molecule has 3 nitrogen and oxygen atoms in total. The molecule has 0 radical (unpaired) electrons. The van der Waals surface area contributed by atoms with Crippen molar-refractivity contribution in [2.75, 3.05) is 26.3 Å². The Morgan fingerprint density at radius 3 is 2.58 bits per heavy atom. The van der Waals surface area contributed by atoms with E-state index < -0.39 is 0 Å². The monoisotopic (exact) mass is 359 g/mol. The average molecular weight is 360 g/mol. The molecule has 0 aromatic carbocycles. The van der Waals surface area contributed by atoms with E-state index in [1.165, 1.54) is 44.9 Å². The lowest BCUT2D eigenvalue weighted by Crippen LogP contribution is -2.53. The van der Waals surface area contributed by atoms with Crippen molar-refractivity contribution in [3.63, 3.8) is 0 Å². The number of aliphatic hydroxyl groups is 1. The maximum atomic E-state index is 10.6. The summed E-state index contributed by atoms with van der Waals surface area (Å²) in [4.78, 5) is 2.60. The zero-order chi connectivity index (χ0) is 17.9. The van der Waals surface area contributed by atoms with Gasteiger partial charge in [-0.1, -0.05) is 19.9 Å². The van der Waals surface area contributed by atoms with Crippen LogP contribution in [0, 0.1) is 34.5 Å². The van der Waals surface area contributed by atoms with Gasteiger partial charge in [0.15, 0.2) is 0 Å². The highest BCUT2D eigenvalue weighted by Crippen LogP contribution is 2.66. The van der Waals surface area contributed by atoms with Gasteiger partial charge in [-0.25, -0.2) is 0 Å². The fourth-order valence-corrected chi connectivity index (χ4v) is 7.94. The van der Waals surface area contributed by atoms with Gasteiger partial charge in [-0.3, -0.25) is 0 Å². The van der Waals surface area contributed by atoms with Gasteiger partial charge >= 0.3 is 0 Å². The Morgan fingerprint density at radius 2 is 1.77 bits per heavy atom. The molecule has 1 saturated heterocycles. The minimum atomic E-state index is -0.0434. The molecule has 0 bridgehead atoms. The quantitative estimate of drug-likeness (QED) is 0.761. The summed E-state index contributed by atoms with van der Waals surface area (Å²) >= 11 is 0. The van der Waals surface area contributed by atoms with Gasteiger partial charge in [-0.05, 0) is 85.9 Å². The number of morpholine rings is 1. The van der Waals surface area contributed by atoms with E-state index in [1.54, 1.807) is 5.70 Å². The zero-order valence-electron chi connectivity index (χ0n) is 16.8. The fraction of sp³-hybridized carbons (Fsp3) is 0.913. The van der Waals surface area contributed by atoms with Crippen LogP contribution in [0.2, 0.25) is 0 Å². The zero-order valence-corrected chi connectivity index (χ0v) is 16.8. The molecule has 146 valence electrons. The number of fused-ring (bicyclic) bond motifs is 5. The number of rotatable bonds is 1. The summed E-state index contributed by atoms with van der Waals surface area (Å²) in [6.07, 6.45) is 12.9. The Morgan fingerprint density at radius 1 is 1.00 bits per heavy atom. The van der Waals surface area contributed by atoms with E-state index in [9.17, 15) is 5.11 Å². The van der Waals surface area contributed by atoms with Crippen LogP contribution in [-0.4, -0.2) is 42.4 Å². The summed E-state index contributed by atoms with van der Waals surface area (Å²) in [5.41, 5.74) is 2.33. The van der Waals surface area contributed by atoms with Gasteiger partial charge in [0, 0.05) is 18.8 Å². The van der Waals surface area contributed by atoms with E-state index in [0.717, 1.165) is 56.4 Å². The molecule has 0 aromatic rings. The minimum Gasteiger partial charge on any atom is -0.393 e. The summed E-state index contributed by atoms with van der Waals surface area (Å²) in [7, 11) is 0. The first-order valence-corrected chi connectivity index (χ1v) is 11.2. The molecular weight excluding hydrogens is 322 g/mol. The van der Waals surface area contributed by atoms with Crippen molar-refractivity contribution in [1.29, 1.82) is 0 Å². The lowest BCUT2D eigenvalue weighted by Gasteiger charge is -2.60. The molecular formula is C23H37NO2. The van der Waals surface area contributed by atoms with E-state index >= 15 is 0 Å². The Kier molecular flexibility index (Phi) is 4.21. The number of aliphatic hydroxyl groups excluding tert-OH is 1. The third kappa shape index (κ3) is 2.45. The van der Waals surface area contributed by atoms with Crippen molar-refractivity contribution in [1.82, 2.24) is 4.90 Å². The van der Waals surface area contributed by atoms with Crippen LogP contribution < -0.4 is 0 Å². The molecule has 26 heavy (non-hydrogen) atoms. The molecule has 1 heterocycles. The molecule has 7 atom stereocenters. The third-order valence-corrected chi connectivity index (χ3v) is 9.67. The second-order valence-electron chi connectivity index (χ2n) is 10.5. The summed E-state index contributed by atoms with van der Waals surface area (Å²) < 4.78 is 5.56. The summed E-state index contributed by atoms with van der Waals surface area (Å²) in [5, 5.41) is 10.6. The largest absolute Gasteiger partial charge is 0.393 e. The van der Waals surface area contributed by atoms with Gasteiger partial charge in [0.2, 0.25) is 0 Å². The second kappa shape index (κ2) is 6.24. The number of hydrogen-bond acceptors (Lipinski definition) is 3. The topological polar surface area (TPSA) is 32.7 Å². The van der Waals surface area contributed by atoms with Crippen LogP contribution in [0.1, 0.15) is 65.2 Å². The molecule has 1 aliphatic heterocycles. The molecule has 3 heteroatoms. The summed E-state index contributed by atoms with van der Waals surface area (Å²) in [5.74, 6) is 3.39. The Labute approximate surface area is 159 Å². The Bertz CT molecular complexity index is 583. The van der Waals surface area contributed by atoms with Crippen molar-refractivity contribution in [2.24, 2.45) is 34.5 Å². The molecule has 3 saturated carbocycles. The fourth-order valence-electron chi connectivity index (χ4n) is 7.94. The lowest BCUT2D eigenvalue weighted by atomic mass is 9.46. The van der Waals surface area contributed by atoms with E-state index in [2.05, 4.69) is 24.8 Å². The number of ether oxygens (including phenoxy) is 1. The SMILES string of the molecule is C[C@]12CC=C(N3CCOCC3)C[C@@H]1CC[C@@H]1[C@@H]2CC[C@]2(C)[C@@H](O)CC[C@@H]12. The standard InChI is InChI=1S/C23H37NO2/c1-22-9-7-17(24-11-13-26-14-12-24)15-16(22)3-4-18-19-5-6-21(25)23(19,2)10-8-20(18)22/h7,16,18-21,25H,3-6,8-15H2,1-2H3/t16-,18-,19-,20-,21-,22-,23-/m0/s1. The van der Waals surface area contributed by atoms with Gasteiger partial charge in [0.1, 0.15) is 0 Å². The minimum absolute atomic E-state index is 0.0434. The van der Waals surface area contributed by atoms with Crippen LogP contribution in [0.3, 0.4) is 0 Å². The maximum absolute atomic E-state index is 10.6. The molecule has 0 aromatic heterocycles. The lowest BCUT2D eigenvalue weighted by molar-refractivity contribution is -0.111. The van der Waals surface area contributed by atoms with Crippen molar-refractivity contribution >= 4 is 0 Å². The Balaban J connectivity index is 1.38. The first-order chi connectivity index (χ1) is 12.5. The van der Waals surface area contributed by atoms with Gasteiger partial charge in [-0.15, -0.1) is 0 Å². The molecule has 1 N–H and O–H groups in total. The molecule has 4 aliphatic carbocycles. The maximum Gasteiger partial charge on any atom is 0.0642 e. The molecule has 4 fully saturated rings. The number of nitrogens with zero attached hydrogens (tertiary/aromatic N) is 1. The van der Waals surface area contributed by atoms with Crippen molar-refractivity contribution in [3.8, 4) is 0 Å². The van der Waals surface area contributed by atoms with E-state index in [0.29, 0.717) is 5.41 Å². The molecule has 0 amide bonds. The van der Waals surface area contributed by atoms with Crippen LogP contribution in [0.25, 0.3) is 0 Å². The van der Waals surface area contributed by atoms with Crippen molar-refractivity contribution < 1.29 is 9.84 Å². The van der Waals surface area contributed by atoms with Crippen LogP contribution >= 0.6 is 0 Å². The van der Waals surface area contributed by atoms with Crippen LogP contribution in [0.4, 0.5) is 0 Å². The Hall–Kier alpha value is -0.540. The van der Waals surface area contributed by atoms with Gasteiger partial charge in [-0.2, -0.15) is 0 Å². The third-order valence-electron chi connectivity index (χ3n) is 9.67. The van der Waals surface area contributed by atoms with Crippen LogP contribution in [0.5, 0.6) is 0 Å². The first-order valence-electron chi connectivity index (χ1n) is 11.2. The molecule has 0 unspecified atom stereocenters. The van der Waals surface area contributed by atoms with Gasteiger partial charge < -0.3 is 14.7 Å². The van der Waals surface area contributed by atoms with Gasteiger partial charge in [0.05, 0.1) is 19.3 Å². The van der Waals surface area contributed by atoms with E-state index in [-0.39, 0.29) is 11.5 Å². The highest BCUT2D eigenvalue weighted by atomic mass is 16.5. The predicted octanol–water partition coefficient (Wildman–Crippen LogP) is 4.22. The van der Waals surface area contributed by atoms with Crippen molar-refractivity contribution in [2.45, 2.75) is 71.3 Å². The smallest absolute Gasteiger partial charge is 0.0642 e. The summed E-state index contributed by atoms with van der Waals surface area (Å²) in [6.45, 7) is 8.98. The molecule has 5 rings (SSSR count). The van der Waals surface area contributed by atoms with Gasteiger partial charge in [0.25, 0.3) is 0 Å². The number of hydrogen-bond donors (Lipinski definition) is 1. The van der Waals surface area contributed by atoms with Crippen molar-refractivity contribution in [3.05, 3.63) is 11.8 Å².